The van der Waals surface area contributed by atoms with Gasteiger partial charge in [0.15, 0.2) is 11.5 Å². The molecule has 1 N–H and O–H groups in total. The molecule has 150 valence electrons. The lowest BCUT2D eigenvalue weighted by Gasteiger charge is -2.20. The molecule has 0 spiro atoms. The van der Waals surface area contributed by atoms with Gasteiger partial charge in [-0.1, -0.05) is 15.9 Å². The molecule has 0 heterocycles. The Morgan fingerprint density at radius 2 is 1.67 bits per heavy atom. The van der Waals surface area contributed by atoms with Gasteiger partial charge >= 0.3 is 12.2 Å². The van der Waals surface area contributed by atoms with Gasteiger partial charge in [-0.2, -0.15) is 5.10 Å². The first kappa shape index (κ1) is 22.8. The molecular weight excluding hydrogens is 420 g/mol. The van der Waals surface area contributed by atoms with E-state index in [4.69, 9.17) is 18.9 Å². The fourth-order valence-electron chi connectivity index (χ4n) is 1.76. The van der Waals surface area contributed by atoms with Crippen molar-refractivity contribution in [3.63, 3.8) is 0 Å². The van der Waals surface area contributed by atoms with Crippen molar-refractivity contribution in [1.82, 2.24) is 5.43 Å². The zero-order valence-corrected chi connectivity index (χ0v) is 18.1. The molecule has 1 amide bonds. The Hall–Kier alpha value is -2.29. The van der Waals surface area contributed by atoms with Crippen LogP contribution < -0.4 is 14.9 Å². The number of carbonyl (C=O) groups excluding carboxylic acids is 2. The van der Waals surface area contributed by atoms with Gasteiger partial charge in [0.1, 0.15) is 11.2 Å². The molecule has 1 aromatic carbocycles. The number of ether oxygens (including phenoxy) is 4. The summed E-state index contributed by atoms with van der Waals surface area (Å²) in [6.07, 6.45) is -0.301. The first-order valence-corrected chi connectivity index (χ1v) is 8.90. The number of hydrazone groups is 1. The predicted octanol–water partition coefficient (Wildman–Crippen LogP) is 4.63. The Bertz CT molecular complexity index is 720. The first-order valence-electron chi connectivity index (χ1n) is 8.11. The molecule has 0 saturated carbocycles. The zero-order valence-electron chi connectivity index (χ0n) is 16.5. The highest BCUT2D eigenvalue weighted by Gasteiger charge is 2.22. The summed E-state index contributed by atoms with van der Waals surface area (Å²) in [6.45, 7) is 10.4. The molecule has 0 aliphatic heterocycles. The number of nitrogens with one attached hydrogen (secondary N) is 1. The van der Waals surface area contributed by atoms with Crippen LogP contribution in [0.3, 0.4) is 0 Å². The van der Waals surface area contributed by atoms with Crippen LogP contribution in [0.2, 0.25) is 0 Å². The average molecular weight is 445 g/mol. The van der Waals surface area contributed by atoms with Gasteiger partial charge in [-0.25, -0.2) is 15.0 Å². The molecule has 9 heteroatoms. The Balaban J connectivity index is 3.04. The van der Waals surface area contributed by atoms with Gasteiger partial charge in [0.2, 0.25) is 0 Å². The van der Waals surface area contributed by atoms with Gasteiger partial charge in [-0.3, -0.25) is 0 Å². The maximum atomic E-state index is 12.0. The summed E-state index contributed by atoms with van der Waals surface area (Å²) in [6, 6.07) is 3.26. The molecule has 0 unspecified atom stereocenters. The van der Waals surface area contributed by atoms with E-state index < -0.39 is 23.5 Å². The van der Waals surface area contributed by atoms with Crippen molar-refractivity contribution in [3.05, 3.63) is 22.2 Å². The fourth-order valence-corrected chi connectivity index (χ4v) is 2.21. The Kier molecular flexibility index (Phi) is 7.65. The smallest absolute Gasteiger partial charge is 0.493 e. The SMILES string of the molecule is COc1cc(Br)cc(/C=N\NC(=O)OC(C)(C)C)c1OC(=O)OC(C)(C)C. The summed E-state index contributed by atoms with van der Waals surface area (Å²) in [7, 11) is 1.43. The number of hydrogen-bond donors (Lipinski definition) is 1. The van der Waals surface area contributed by atoms with E-state index in [1.165, 1.54) is 13.3 Å². The normalized spacial score (nSPS) is 11.9. The van der Waals surface area contributed by atoms with Crippen molar-refractivity contribution in [1.29, 1.82) is 0 Å². The molecule has 0 atom stereocenters. The molecule has 8 nitrogen and oxygen atoms in total. The molecule has 0 aromatic heterocycles. The molecule has 0 bridgehead atoms. The minimum atomic E-state index is -0.891. The molecule has 0 radical (unpaired) electrons. The van der Waals surface area contributed by atoms with Gasteiger partial charge in [-0.05, 0) is 53.7 Å². The van der Waals surface area contributed by atoms with Gasteiger partial charge < -0.3 is 18.9 Å². The van der Waals surface area contributed by atoms with Crippen LogP contribution in [0, 0.1) is 0 Å². The van der Waals surface area contributed by atoms with E-state index in [0.717, 1.165) is 0 Å². The summed E-state index contributed by atoms with van der Waals surface area (Å²) in [5.74, 6) is 0.388. The van der Waals surface area contributed by atoms with E-state index in [9.17, 15) is 9.59 Å². The van der Waals surface area contributed by atoms with Crippen LogP contribution in [0.15, 0.2) is 21.7 Å². The number of methoxy groups -OCH3 is 1. The van der Waals surface area contributed by atoms with Crippen LogP contribution >= 0.6 is 15.9 Å². The highest BCUT2D eigenvalue weighted by Crippen LogP contribution is 2.34. The number of amides is 1. The quantitative estimate of drug-likeness (QED) is 0.314. The van der Waals surface area contributed by atoms with E-state index in [-0.39, 0.29) is 11.5 Å². The third kappa shape index (κ3) is 8.76. The van der Waals surface area contributed by atoms with Gasteiger partial charge in [0.05, 0.1) is 13.3 Å². The molecule has 0 saturated heterocycles. The summed E-state index contributed by atoms with van der Waals surface area (Å²) < 4.78 is 21.5. The number of benzene rings is 1. The molecule has 0 aliphatic rings. The minimum Gasteiger partial charge on any atom is -0.493 e. The monoisotopic (exact) mass is 444 g/mol. The van der Waals surface area contributed by atoms with Crippen LogP contribution in [0.5, 0.6) is 11.5 Å². The third-order valence-corrected chi connectivity index (χ3v) is 3.06. The molecule has 1 rings (SSSR count). The third-order valence-electron chi connectivity index (χ3n) is 2.60. The summed E-state index contributed by atoms with van der Waals surface area (Å²) in [5, 5.41) is 3.83. The first-order chi connectivity index (χ1) is 12.3. The zero-order chi connectivity index (χ0) is 20.8. The van der Waals surface area contributed by atoms with Crippen LogP contribution in [-0.2, 0) is 9.47 Å². The Morgan fingerprint density at radius 1 is 1.07 bits per heavy atom. The second-order valence-electron chi connectivity index (χ2n) is 7.46. The van der Waals surface area contributed by atoms with Crippen LogP contribution in [0.4, 0.5) is 9.59 Å². The van der Waals surface area contributed by atoms with E-state index in [1.54, 1.807) is 53.7 Å². The molecule has 1 aromatic rings. The Labute approximate surface area is 167 Å². The lowest BCUT2D eigenvalue weighted by Crippen LogP contribution is -2.29. The minimum absolute atomic E-state index is 0.102. The maximum absolute atomic E-state index is 12.0. The summed E-state index contributed by atoms with van der Waals surface area (Å²) in [5.41, 5.74) is 1.26. The largest absolute Gasteiger partial charge is 0.514 e. The van der Waals surface area contributed by atoms with Crippen LogP contribution in [0.25, 0.3) is 0 Å². The number of carbonyl (C=O) groups is 2. The van der Waals surface area contributed by atoms with Crippen molar-refractivity contribution in [2.24, 2.45) is 5.10 Å². The van der Waals surface area contributed by atoms with Crippen molar-refractivity contribution in [2.45, 2.75) is 52.7 Å². The Morgan fingerprint density at radius 3 is 2.19 bits per heavy atom. The fraction of sp³-hybridized carbons (Fsp3) is 0.500. The summed E-state index contributed by atoms with van der Waals surface area (Å²) in [4.78, 5) is 23.7. The number of halogens is 1. The van der Waals surface area contributed by atoms with Crippen molar-refractivity contribution in [3.8, 4) is 11.5 Å². The number of nitrogens with zero attached hydrogens (tertiary/aromatic N) is 1. The lowest BCUT2D eigenvalue weighted by atomic mass is 10.2. The molecule has 0 aliphatic carbocycles. The van der Waals surface area contributed by atoms with Crippen molar-refractivity contribution < 1.29 is 28.5 Å². The van der Waals surface area contributed by atoms with Gasteiger partial charge in [0.25, 0.3) is 0 Å². The topological polar surface area (TPSA) is 95.5 Å². The van der Waals surface area contributed by atoms with E-state index in [1.807, 2.05) is 0 Å². The highest BCUT2D eigenvalue weighted by atomic mass is 79.9. The van der Waals surface area contributed by atoms with Crippen molar-refractivity contribution in [2.75, 3.05) is 7.11 Å². The molecule has 0 fully saturated rings. The standard InChI is InChI=1S/C18H25BrN2O6/c1-17(2,3)26-15(22)21-20-10-11-8-12(19)9-13(24-7)14(11)25-16(23)27-18(4,5)6/h8-10H,1-7H3,(H,21,22)/b20-10-. The van der Waals surface area contributed by atoms with Gasteiger partial charge in [-0.15, -0.1) is 0 Å². The molecule has 27 heavy (non-hydrogen) atoms. The second kappa shape index (κ2) is 9.07. The number of rotatable bonds is 4. The van der Waals surface area contributed by atoms with Crippen LogP contribution in [0.1, 0.15) is 47.1 Å². The predicted molar refractivity (Wildman–Crippen MR) is 105 cm³/mol. The lowest BCUT2D eigenvalue weighted by molar-refractivity contribution is 0.0200. The molecular formula is C18H25BrN2O6. The van der Waals surface area contributed by atoms with E-state index in [2.05, 4.69) is 26.5 Å². The highest BCUT2D eigenvalue weighted by molar-refractivity contribution is 9.10. The second-order valence-corrected chi connectivity index (χ2v) is 8.38. The van der Waals surface area contributed by atoms with E-state index >= 15 is 0 Å². The van der Waals surface area contributed by atoms with Gasteiger partial charge in [0, 0.05) is 10.0 Å². The average Bonchev–Trinajstić information content (AvgIpc) is 2.45. The van der Waals surface area contributed by atoms with E-state index in [0.29, 0.717) is 10.0 Å². The summed E-state index contributed by atoms with van der Waals surface area (Å²) >= 11 is 3.34. The van der Waals surface area contributed by atoms with Crippen molar-refractivity contribution >= 4 is 34.4 Å². The maximum Gasteiger partial charge on any atom is 0.514 e. The van der Waals surface area contributed by atoms with Crippen LogP contribution in [-0.4, -0.2) is 36.8 Å². The number of hydrogen-bond acceptors (Lipinski definition) is 7.